The number of anilines is 1. The van der Waals surface area contributed by atoms with E-state index in [1.807, 2.05) is 18.3 Å². The first-order valence-corrected chi connectivity index (χ1v) is 7.75. The van der Waals surface area contributed by atoms with Gasteiger partial charge >= 0.3 is 0 Å². The van der Waals surface area contributed by atoms with Crippen LogP contribution in [-0.4, -0.2) is 45.7 Å². The van der Waals surface area contributed by atoms with Crippen LogP contribution in [0, 0.1) is 17.2 Å². The van der Waals surface area contributed by atoms with Gasteiger partial charge in [-0.3, -0.25) is 4.79 Å². The Balaban J connectivity index is 1.69. The fourth-order valence-electron chi connectivity index (χ4n) is 3.26. The number of nitrogens with zero attached hydrogens (tertiary/aromatic N) is 5. The third kappa shape index (κ3) is 2.31. The van der Waals surface area contributed by atoms with E-state index in [9.17, 15) is 4.79 Å². The van der Waals surface area contributed by atoms with Crippen LogP contribution in [0.15, 0.2) is 24.7 Å². The molecule has 4 heterocycles. The van der Waals surface area contributed by atoms with Crippen molar-refractivity contribution >= 4 is 33.5 Å². The van der Waals surface area contributed by atoms with Crippen molar-refractivity contribution in [1.82, 2.24) is 25.5 Å². The molecule has 8 nitrogen and oxygen atoms in total. The summed E-state index contributed by atoms with van der Waals surface area (Å²) in [5.41, 5.74) is 2.50. The Bertz CT molecular complexity index is 958. The van der Waals surface area contributed by atoms with E-state index in [1.54, 1.807) is 12.4 Å². The molecular weight excluding hydrogens is 306 g/mol. The zero-order valence-electron chi connectivity index (χ0n) is 12.9. The second-order valence-electron chi connectivity index (χ2n) is 5.80. The lowest BCUT2D eigenvalue weighted by Gasteiger charge is -2.20. The molecule has 2 N–H and O–H groups in total. The van der Waals surface area contributed by atoms with Crippen molar-refractivity contribution in [2.24, 2.45) is 5.92 Å². The summed E-state index contributed by atoms with van der Waals surface area (Å²) in [6, 6.07) is 3.91. The van der Waals surface area contributed by atoms with E-state index in [-0.39, 0.29) is 18.4 Å². The van der Waals surface area contributed by atoms with Gasteiger partial charge in [0, 0.05) is 30.1 Å². The highest BCUT2D eigenvalue weighted by molar-refractivity contribution is 6.09. The number of aromatic amines is 1. The Morgan fingerprint density at radius 2 is 2.42 bits per heavy atom. The third-order valence-corrected chi connectivity index (χ3v) is 4.41. The van der Waals surface area contributed by atoms with Crippen molar-refractivity contribution in [2.45, 2.75) is 6.42 Å². The van der Waals surface area contributed by atoms with Gasteiger partial charge in [0.1, 0.15) is 17.7 Å². The normalized spacial score (nSPS) is 17.3. The Morgan fingerprint density at radius 3 is 3.29 bits per heavy atom. The van der Waals surface area contributed by atoms with Gasteiger partial charge in [-0.2, -0.15) is 10.4 Å². The van der Waals surface area contributed by atoms with E-state index in [4.69, 9.17) is 5.26 Å². The smallest absolute Gasteiger partial charge is 0.225 e. The van der Waals surface area contributed by atoms with Gasteiger partial charge in [0.2, 0.25) is 5.91 Å². The highest BCUT2D eigenvalue weighted by Crippen LogP contribution is 2.33. The number of amides is 1. The number of carbonyl (C=O) groups is 1. The standard InChI is InChI=1S/C16H15N7O/c17-3-5-19-16(24)10-2-6-23(9-10)13-8-21-22-12-7-20-15-11(14(12)13)1-4-18-15/h1,4,7-8,10H,2,5-6,9H2,(H,18,20)(H,19,24). The molecule has 1 aliphatic heterocycles. The predicted molar refractivity (Wildman–Crippen MR) is 88.1 cm³/mol. The van der Waals surface area contributed by atoms with Gasteiger partial charge in [0.25, 0.3) is 0 Å². The lowest BCUT2D eigenvalue weighted by atomic mass is 10.1. The minimum Gasteiger partial charge on any atom is -0.369 e. The Hall–Kier alpha value is -3.21. The molecule has 0 saturated carbocycles. The van der Waals surface area contributed by atoms with Gasteiger partial charge in [-0.05, 0) is 12.5 Å². The van der Waals surface area contributed by atoms with E-state index in [1.165, 1.54) is 0 Å². The number of hydrogen-bond donors (Lipinski definition) is 2. The van der Waals surface area contributed by atoms with Gasteiger partial charge in [0.15, 0.2) is 0 Å². The molecule has 1 unspecified atom stereocenters. The maximum atomic E-state index is 12.1. The maximum Gasteiger partial charge on any atom is 0.225 e. The maximum absolute atomic E-state index is 12.1. The van der Waals surface area contributed by atoms with Crippen LogP contribution in [0.3, 0.4) is 0 Å². The molecular formula is C16H15N7O. The number of pyridine rings is 1. The SMILES string of the molecule is N#CCNC(=O)C1CCN(c2cnnc3cnc4[nH]ccc4c23)C1. The molecule has 24 heavy (non-hydrogen) atoms. The van der Waals surface area contributed by atoms with Gasteiger partial charge in [-0.1, -0.05) is 0 Å². The van der Waals surface area contributed by atoms with E-state index in [2.05, 4.69) is 30.4 Å². The zero-order valence-corrected chi connectivity index (χ0v) is 12.9. The topological polar surface area (TPSA) is 111 Å². The number of H-pyrrole nitrogens is 1. The first kappa shape index (κ1) is 14.4. The molecule has 8 heteroatoms. The second-order valence-corrected chi connectivity index (χ2v) is 5.80. The predicted octanol–water partition coefficient (Wildman–Crippen LogP) is 0.972. The molecule has 0 aliphatic carbocycles. The van der Waals surface area contributed by atoms with Crippen LogP contribution < -0.4 is 10.2 Å². The summed E-state index contributed by atoms with van der Waals surface area (Å²) in [5, 5.41) is 21.5. The molecule has 1 fully saturated rings. The minimum atomic E-state index is -0.120. The molecule has 1 saturated heterocycles. The van der Waals surface area contributed by atoms with Crippen molar-refractivity contribution in [2.75, 3.05) is 24.5 Å². The lowest BCUT2D eigenvalue weighted by Crippen LogP contribution is -2.33. The number of rotatable bonds is 3. The average Bonchev–Trinajstić information content (AvgIpc) is 3.28. The van der Waals surface area contributed by atoms with E-state index in [0.29, 0.717) is 6.54 Å². The Labute approximate surface area is 137 Å². The molecule has 4 rings (SSSR count). The van der Waals surface area contributed by atoms with Gasteiger partial charge < -0.3 is 15.2 Å². The third-order valence-electron chi connectivity index (χ3n) is 4.41. The second kappa shape index (κ2) is 5.77. The molecule has 3 aromatic rings. The number of hydrogen-bond acceptors (Lipinski definition) is 6. The lowest BCUT2D eigenvalue weighted by molar-refractivity contribution is -0.124. The van der Waals surface area contributed by atoms with Crippen LogP contribution >= 0.6 is 0 Å². The number of carbonyl (C=O) groups excluding carboxylic acids is 1. The van der Waals surface area contributed by atoms with E-state index < -0.39 is 0 Å². The zero-order chi connectivity index (χ0) is 16.5. The Kier molecular flexibility index (Phi) is 3.46. The van der Waals surface area contributed by atoms with Gasteiger partial charge in [-0.15, -0.1) is 5.10 Å². The van der Waals surface area contributed by atoms with Crippen molar-refractivity contribution in [3.05, 3.63) is 24.7 Å². The van der Waals surface area contributed by atoms with E-state index in [0.717, 1.165) is 40.6 Å². The monoisotopic (exact) mass is 321 g/mol. The van der Waals surface area contributed by atoms with E-state index >= 15 is 0 Å². The van der Waals surface area contributed by atoms with Gasteiger partial charge in [-0.25, -0.2) is 4.98 Å². The summed E-state index contributed by atoms with van der Waals surface area (Å²) >= 11 is 0. The van der Waals surface area contributed by atoms with Crippen LogP contribution in [0.2, 0.25) is 0 Å². The first-order chi connectivity index (χ1) is 11.8. The van der Waals surface area contributed by atoms with Crippen LogP contribution in [0.1, 0.15) is 6.42 Å². The number of nitrogens with one attached hydrogen (secondary N) is 2. The molecule has 1 aliphatic rings. The summed E-state index contributed by atoms with van der Waals surface area (Å²) in [5.74, 6) is -0.191. The highest BCUT2D eigenvalue weighted by Gasteiger charge is 2.29. The summed E-state index contributed by atoms with van der Waals surface area (Å²) in [4.78, 5) is 21.7. The van der Waals surface area contributed by atoms with Crippen molar-refractivity contribution < 1.29 is 4.79 Å². The molecule has 1 atom stereocenters. The summed E-state index contributed by atoms with van der Waals surface area (Å²) in [7, 11) is 0. The number of nitriles is 1. The van der Waals surface area contributed by atoms with Crippen LogP contribution in [0.25, 0.3) is 21.9 Å². The van der Waals surface area contributed by atoms with Crippen LogP contribution in [0.5, 0.6) is 0 Å². The van der Waals surface area contributed by atoms with Crippen LogP contribution in [0.4, 0.5) is 5.69 Å². The molecule has 3 aromatic heterocycles. The molecule has 0 aromatic carbocycles. The van der Waals surface area contributed by atoms with Crippen molar-refractivity contribution in [1.29, 1.82) is 5.26 Å². The first-order valence-electron chi connectivity index (χ1n) is 7.75. The summed E-state index contributed by atoms with van der Waals surface area (Å²) < 4.78 is 0. The quantitative estimate of drug-likeness (QED) is 0.696. The fourth-order valence-corrected chi connectivity index (χ4v) is 3.26. The molecule has 0 spiro atoms. The number of aromatic nitrogens is 4. The summed E-state index contributed by atoms with van der Waals surface area (Å²) in [6.07, 6.45) is 6.05. The Morgan fingerprint density at radius 1 is 1.50 bits per heavy atom. The highest BCUT2D eigenvalue weighted by atomic mass is 16.1. The molecule has 0 radical (unpaired) electrons. The molecule has 120 valence electrons. The van der Waals surface area contributed by atoms with Crippen molar-refractivity contribution in [3.63, 3.8) is 0 Å². The van der Waals surface area contributed by atoms with Crippen molar-refractivity contribution in [3.8, 4) is 6.07 Å². The number of fused-ring (bicyclic) bond motifs is 3. The fraction of sp³-hybridized carbons (Fsp3) is 0.312. The minimum absolute atomic E-state index is 0.0463. The average molecular weight is 321 g/mol. The largest absolute Gasteiger partial charge is 0.369 e. The van der Waals surface area contributed by atoms with Crippen LogP contribution in [-0.2, 0) is 4.79 Å². The molecule has 0 bridgehead atoms. The van der Waals surface area contributed by atoms with Gasteiger partial charge in [0.05, 0.1) is 30.1 Å². The molecule has 1 amide bonds. The summed E-state index contributed by atoms with van der Waals surface area (Å²) in [6.45, 7) is 1.41.